The lowest BCUT2D eigenvalue weighted by Crippen LogP contribution is -2.21. The summed E-state index contributed by atoms with van der Waals surface area (Å²) in [4.78, 5) is 98.1. The average molecular weight is 2120 g/mol. The van der Waals surface area contributed by atoms with Crippen molar-refractivity contribution in [1.82, 2.24) is 111 Å². The molecule has 146 heavy (non-hydrogen) atoms. The number of rotatable bonds is 12. The van der Waals surface area contributed by atoms with Gasteiger partial charge in [0.15, 0.2) is 96.1 Å². The van der Waals surface area contributed by atoms with E-state index < -0.39 is 90.2 Å². The molecule has 7 aliphatic rings. The van der Waals surface area contributed by atoms with Gasteiger partial charge in [-0.15, -0.1) is 11.3 Å². The number of carbonyl (C=O) groups is 8. The number of carboxylic acids is 2. The molecule has 24 rings (SSSR count). The van der Waals surface area contributed by atoms with Crippen LogP contribution in [0.15, 0.2) is 287 Å². The zero-order valence-corrected chi connectivity index (χ0v) is 80.7. The van der Waals surface area contributed by atoms with E-state index in [1.165, 1.54) is 86.6 Å². The predicted molar refractivity (Wildman–Crippen MR) is 535 cm³/mol. The van der Waals surface area contributed by atoms with Crippen LogP contribution in [0.3, 0.4) is 0 Å². The van der Waals surface area contributed by atoms with Crippen molar-refractivity contribution in [1.29, 1.82) is 0 Å². The summed E-state index contributed by atoms with van der Waals surface area (Å²) in [6, 6.07) is 48.5. The smallest absolute Gasteiger partial charge is 0.475 e. The molecule has 0 radical (unpaired) electrons. The van der Waals surface area contributed by atoms with Crippen molar-refractivity contribution in [2.45, 2.75) is 32.1 Å². The molecule has 6 aromatic carbocycles. The summed E-state index contributed by atoms with van der Waals surface area (Å²) in [5.74, 6) is -7.71. The summed E-state index contributed by atoms with van der Waals surface area (Å²) >= 11 is 1.66. The summed E-state index contributed by atoms with van der Waals surface area (Å²) in [6.07, 6.45) is 31.9. The standard InChI is InChI=1S/C16H13N3O2S.2C15H12N4O2S.2C15H10N4O2S.C14H10N4O2S2.2C2HF3O2/c20-15-8-16(22(21)18-15)19-10-14(9-17-19)13-6-5-11-3-1-2-4-12(11)7-13;1-18-5-4-10-2-3-11(6-13(10)18)12-8-16-19(9-12)15-7-14(20)17-22(15)21;1-18-6-5-12-11(3-2-4-13(12)18)10-8-16-19(9-10)15-7-14(20)17-22(15)21;20-14-6-15(22(21)18-14)19-9-13(8-17-19)11-2-1-10-3-4-16-7-12(10)5-11;20-14-7-15(22(21)18-14)19-9-12(8-17-19)10-3-4-13-11(6-10)2-1-5-16-13;1-8-16-11-4-9(2-3-12(11)21-8)10-6-15-18(7-10)14-5-13(19)17-22(14)20;2*3-2(4,5)1(6)7/h1-4,7-10H,5-6H2,(H,18,20);2*2-9H,1H3,(H,17,20);2*1-9H,(H,18,20);2-7H,1H3,(H,17,19);2*(H,6,7). The van der Waals surface area contributed by atoms with Crippen LogP contribution in [0.5, 0.6) is 0 Å². The number of amides is 6. The highest BCUT2D eigenvalue weighted by Crippen LogP contribution is 2.36. The molecule has 0 spiro atoms. The number of hydrogen-bond acceptors (Lipinski definition) is 24. The van der Waals surface area contributed by atoms with Gasteiger partial charge >= 0.3 is 24.3 Å². The van der Waals surface area contributed by atoms with Crippen molar-refractivity contribution >= 4 is 220 Å². The second-order valence-corrected chi connectivity index (χ2v) is 39.6. The number of alkyl halides is 6. The molecule has 1 aliphatic carbocycles. The number of fused-ring (bicyclic) bond motifs is 6. The molecule has 6 amide bonds. The normalized spacial score (nSPS) is 17.4. The summed E-state index contributed by atoms with van der Waals surface area (Å²) in [6.45, 7) is 1.98. The van der Waals surface area contributed by atoms with Crippen molar-refractivity contribution in [3.8, 4) is 55.6 Å². The predicted octanol–water partition coefficient (Wildman–Crippen LogP) is 11.9. The van der Waals surface area contributed by atoms with E-state index in [-0.39, 0.29) is 35.4 Å². The van der Waals surface area contributed by atoms with Crippen molar-refractivity contribution in [2.24, 2.45) is 14.1 Å². The number of nitrogens with one attached hydrogen (secondary N) is 6. The molecule has 17 aromatic rings. The lowest BCUT2D eigenvalue weighted by Gasteiger charge is -2.15. The Morgan fingerprint density at radius 3 is 1.25 bits per heavy atom. The van der Waals surface area contributed by atoms with Gasteiger partial charge in [-0.25, -0.2) is 67.9 Å². The molecular weight excluding hydrogens is 2050 g/mol. The molecule has 0 fully saturated rings. The highest BCUT2D eigenvalue weighted by atomic mass is 32.2. The highest BCUT2D eigenvalue weighted by molar-refractivity contribution is 7.95. The number of carboxylic acid groups (broad SMARTS) is 2. The quantitative estimate of drug-likeness (QED) is 0.0527. The van der Waals surface area contributed by atoms with Gasteiger partial charge in [0.2, 0.25) is 0 Å². The molecular formula is C94H69F6N23O16S7. The number of benzene rings is 6. The SMILES string of the molecule is Cc1nc2cc(-c3cnn(C4=CC(=O)NS4=O)c3)ccc2s1.Cn1ccc2c(-c3cnn(C4=CC(=O)NS4=O)c3)cccc21.Cn1ccc2ccc(-c3cnn(C4=CC(=O)NS4=O)c3)cc21.O=C(O)C(F)(F)F.O=C(O)C(F)(F)F.O=C1C=C(n2cc(-c3ccc4ccncc4c3)cn2)S(=O)N1.O=C1C=C(n2cc(-c3ccc4ncccc4c3)cn2)S(=O)N1.O=C1C=C(n2cc(C3=Cc4ccccc4CC3)cn2)S(=O)N1. The second-order valence-electron chi connectivity index (χ2n) is 31.5. The van der Waals surface area contributed by atoms with Crippen molar-refractivity contribution in [3.05, 3.63) is 309 Å². The van der Waals surface area contributed by atoms with E-state index in [0.29, 0.717) is 30.2 Å². The van der Waals surface area contributed by atoms with Gasteiger partial charge in [0.1, 0.15) is 0 Å². The number of thiazole rings is 1. The number of aryl methyl sites for hydroxylation is 4. The minimum absolute atomic E-state index is 0.332. The molecule has 39 nitrogen and oxygen atoms in total. The number of halogens is 6. The van der Waals surface area contributed by atoms with E-state index in [4.69, 9.17) is 19.8 Å². The van der Waals surface area contributed by atoms with Crippen LogP contribution in [0.2, 0.25) is 0 Å². The third kappa shape index (κ3) is 23.1. The van der Waals surface area contributed by atoms with E-state index in [0.717, 1.165) is 127 Å². The first kappa shape index (κ1) is 100. The Balaban J connectivity index is 0.000000117. The number of carbonyl (C=O) groups excluding carboxylic acids is 6. The molecule has 8 N–H and O–H groups in total. The Morgan fingerprint density at radius 2 is 0.774 bits per heavy atom. The Morgan fingerprint density at radius 1 is 0.370 bits per heavy atom. The van der Waals surface area contributed by atoms with Crippen LogP contribution in [-0.4, -0.2) is 178 Å². The van der Waals surface area contributed by atoms with E-state index in [1.54, 1.807) is 98.1 Å². The topological polar surface area (TPSA) is 507 Å². The van der Waals surface area contributed by atoms with Crippen LogP contribution in [0.25, 0.3) is 151 Å². The number of nitrogens with zero attached hydrogens (tertiary/aromatic N) is 17. The van der Waals surface area contributed by atoms with Crippen molar-refractivity contribution in [2.75, 3.05) is 0 Å². The summed E-state index contributed by atoms with van der Waals surface area (Å²) < 4.78 is 162. The lowest BCUT2D eigenvalue weighted by molar-refractivity contribution is -0.193. The molecule has 740 valence electrons. The van der Waals surface area contributed by atoms with Gasteiger partial charge in [-0.1, -0.05) is 84.9 Å². The largest absolute Gasteiger partial charge is 0.490 e. The molecule has 0 saturated carbocycles. The molecule has 6 aliphatic heterocycles. The first-order valence-electron chi connectivity index (χ1n) is 42.4. The maximum Gasteiger partial charge on any atom is 0.490 e. The zero-order chi connectivity index (χ0) is 103. The van der Waals surface area contributed by atoms with E-state index in [2.05, 4.69) is 138 Å². The van der Waals surface area contributed by atoms with Crippen LogP contribution in [0.4, 0.5) is 26.3 Å². The number of allylic oxidation sites excluding steroid dienone is 1. The third-order valence-electron chi connectivity index (χ3n) is 21.8. The number of aliphatic carboxylic acids is 2. The third-order valence-corrected chi connectivity index (χ3v) is 29.2. The van der Waals surface area contributed by atoms with Crippen LogP contribution >= 0.6 is 11.3 Å². The van der Waals surface area contributed by atoms with Gasteiger partial charge in [0, 0.05) is 179 Å². The van der Waals surface area contributed by atoms with Gasteiger partial charge in [-0.3, -0.25) is 67.1 Å². The maximum atomic E-state index is 11.8. The number of aromatic nitrogens is 17. The molecule has 0 saturated heterocycles. The lowest BCUT2D eigenvalue weighted by atomic mass is 9.90. The van der Waals surface area contributed by atoms with Gasteiger partial charge in [-0.05, 0) is 142 Å². The minimum atomic E-state index is -5.08. The molecule has 0 bridgehead atoms. The fourth-order valence-electron chi connectivity index (χ4n) is 14.9. The van der Waals surface area contributed by atoms with Crippen LogP contribution in [0, 0.1) is 6.92 Å². The summed E-state index contributed by atoms with van der Waals surface area (Å²) in [7, 11) is -5.29. The van der Waals surface area contributed by atoms with E-state index in [1.807, 2.05) is 137 Å². The minimum Gasteiger partial charge on any atom is -0.475 e. The molecule has 11 aromatic heterocycles. The molecule has 6 atom stereocenters. The Hall–Kier alpha value is -17.2. The second kappa shape index (κ2) is 42.5. The van der Waals surface area contributed by atoms with E-state index in [9.17, 15) is 80.4 Å². The first-order chi connectivity index (χ1) is 69.8. The van der Waals surface area contributed by atoms with Gasteiger partial charge < -0.3 is 19.3 Å². The number of pyridine rings is 2. The summed E-state index contributed by atoms with van der Waals surface area (Å²) in [5, 5.41) is 48.0. The monoisotopic (exact) mass is 2110 g/mol. The maximum absolute atomic E-state index is 11.8. The number of hydrogen-bond donors (Lipinski definition) is 8. The zero-order valence-electron chi connectivity index (χ0n) is 75.0. The average Bonchev–Trinajstić information content (AvgIpc) is 1.65. The molecule has 6 unspecified atom stereocenters. The Labute approximate surface area is 836 Å². The van der Waals surface area contributed by atoms with Gasteiger partial charge in [-0.2, -0.15) is 56.9 Å². The van der Waals surface area contributed by atoms with E-state index >= 15 is 0 Å². The molecule has 17 heterocycles. The van der Waals surface area contributed by atoms with Crippen LogP contribution in [0.1, 0.15) is 28.1 Å². The van der Waals surface area contributed by atoms with Gasteiger partial charge in [0.05, 0.1) is 57.9 Å². The van der Waals surface area contributed by atoms with Crippen molar-refractivity contribution in [3.63, 3.8) is 0 Å². The first-order valence-corrected chi connectivity index (χ1v) is 50.1. The van der Waals surface area contributed by atoms with Crippen LogP contribution < -0.4 is 28.3 Å². The Bertz CT molecular complexity index is 8430. The van der Waals surface area contributed by atoms with Crippen molar-refractivity contribution < 1.29 is 100 Å². The van der Waals surface area contributed by atoms with Gasteiger partial charge in [0.25, 0.3) is 35.4 Å². The molecule has 52 heteroatoms. The highest BCUT2D eigenvalue weighted by Gasteiger charge is 2.39. The fourth-order valence-corrected chi connectivity index (χ4v) is 20.7. The summed E-state index contributed by atoms with van der Waals surface area (Å²) in [5.41, 5.74) is 18.4. The Kier molecular flexibility index (Phi) is 29.2. The van der Waals surface area contributed by atoms with Crippen LogP contribution in [-0.2, 0) is 125 Å². The fraction of sp³-hybridized carbons (Fsp3) is 0.0745.